The Kier molecular flexibility index (Phi) is 6.12. The van der Waals surface area contributed by atoms with Gasteiger partial charge in [0.2, 0.25) is 11.1 Å². The summed E-state index contributed by atoms with van der Waals surface area (Å²) in [6.45, 7) is 6.04. The first kappa shape index (κ1) is 20.7. The monoisotopic (exact) mass is 411 g/mol. The SMILES string of the molecule is COc1ccc(NC(=O)C(Sc2nnc(C(C)(C)C)n2N)c2ccccc2)cc1. The summed E-state index contributed by atoms with van der Waals surface area (Å²) >= 11 is 1.27. The van der Waals surface area contributed by atoms with Gasteiger partial charge >= 0.3 is 0 Å². The van der Waals surface area contributed by atoms with E-state index < -0.39 is 5.25 Å². The first-order valence-electron chi connectivity index (χ1n) is 9.17. The highest BCUT2D eigenvalue weighted by molar-refractivity contribution is 8.00. The molecule has 29 heavy (non-hydrogen) atoms. The lowest BCUT2D eigenvalue weighted by molar-refractivity contribution is -0.115. The first-order valence-corrected chi connectivity index (χ1v) is 10.0. The maximum absolute atomic E-state index is 13.1. The summed E-state index contributed by atoms with van der Waals surface area (Å²) in [6.07, 6.45) is 0. The number of amides is 1. The molecule has 8 heteroatoms. The van der Waals surface area contributed by atoms with Crippen molar-refractivity contribution in [2.45, 2.75) is 36.6 Å². The molecule has 0 aliphatic rings. The molecule has 0 fully saturated rings. The van der Waals surface area contributed by atoms with Gasteiger partial charge in [-0.1, -0.05) is 62.9 Å². The van der Waals surface area contributed by atoms with Crippen LogP contribution < -0.4 is 15.9 Å². The number of nitrogens with two attached hydrogens (primary N) is 1. The van der Waals surface area contributed by atoms with Gasteiger partial charge in [0.1, 0.15) is 11.0 Å². The number of nitrogens with zero attached hydrogens (tertiary/aromatic N) is 3. The topological polar surface area (TPSA) is 95.1 Å². The van der Waals surface area contributed by atoms with Gasteiger partial charge in [-0.3, -0.25) is 4.79 Å². The van der Waals surface area contributed by atoms with Gasteiger partial charge in [0, 0.05) is 11.1 Å². The average molecular weight is 412 g/mol. The van der Waals surface area contributed by atoms with Crippen molar-refractivity contribution in [1.82, 2.24) is 14.9 Å². The third-order valence-electron chi connectivity index (χ3n) is 4.26. The van der Waals surface area contributed by atoms with E-state index in [1.54, 1.807) is 31.4 Å². The van der Waals surface area contributed by atoms with E-state index in [9.17, 15) is 4.79 Å². The van der Waals surface area contributed by atoms with Crippen LogP contribution in [-0.4, -0.2) is 27.9 Å². The summed E-state index contributed by atoms with van der Waals surface area (Å²) < 4.78 is 6.62. The number of anilines is 1. The van der Waals surface area contributed by atoms with Crippen LogP contribution in [0.2, 0.25) is 0 Å². The predicted octanol–water partition coefficient (Wildman–Crippen LogP) is 3.77. The van der Waals surface area contributed by atoms with Crippen molar-refractivity contribution < 1.29 is 9.53 Å². The number of nitrogen functional groups attached to an aromatic ring is 1. The van der Waals surface area contributed by atoms with E-state index in [4.69, 9.17) is 10.6 Å². The molecule has 3 rings (SSSR count). The third kappa shape index (κ3) is 4.89. The second-order valence-corrected chi connectivity index (χ2v) is 8.62. The van der Waals surface area contributed by atoms with Gasteiger partial charge < -0.3 is 15.9 Å². The van der Waals surface area contributed by atoms with Crippen molar-refractivity contribution in [1.29, 1.82) is 0 Å². The number of thioether (sulfide) groups is 1. The fourth-order valence-corrected chi connectivity index (χ4v) is 3.72. The summed E-state index contributed by atoms with van der Waals surface area (Å²) in [5.74, 6) is 7.43. The van der Waals surface area contributed by atoms with Crippen molar-refractivity contribution in [3.8, 4) is 5.75 Å². The number of carbonyl (C=O) groups is 1. The highest BCUT2D eigenvalue weighted by atomic mass is 32.2. The Morgan fingerprint density at radius 2 is 1.76 bits per heavy atom. The van der Waals surface area contributed by atoms with Crippen molar-refractivity contribution in [3.05, 3.63) is 66.0 Å². The van der Waals surface area contributed by atoms with Gasteiger partial charge in [0.25, 0.3) is 0 Å². The van der Waals surface area contributed by atoms with Crippen LogP contribution >= 0.6 is 11.8 Å². The molecular weight excluding hydrogens is 386 g/mol. The van der Waals surface area contributed by atoms with Crippen LogP contribution in [0, 0.1) is 0 Å². The Morgan fingerprint density at radius 3 is 2.31 bits per heavy atom. The van der Waals surface area contributed by atoms with E-state index in [1.165, 1.54) is 16.4 Å². The number of benzene rings is 2. The molecule has 1 atom stereocenters. The van der Waals surface area contributed by atoms with Crippen LogP contribution in [0.5, 0.6) is 5.75 Å². The number of nitrogens with one attached hydrogen (secondary N) is 1. The molecule has 1 unspecified atom stereocenters. The predicted molar refractivity (Wildman–Crippen MR) is 116 cm³/mol. The maximum Gasteiger partial charge on any atom is 0.242 e. The van der Waals surface area contributed by atoms with E-state index in [0.717, 1.165) is 11.3 Å². The lowest BCUT2D eigenvalue weighted by Crippen LogP contribution is -2.25. The number of carbonyl (C=O) groups excluding carboxylic acids is 1. The molecule has 2 aromatic carbocycles. The Balaban J connectivity index is 1.87. The fourth-order valence-electron chi connectivity index (χ4n) is 2.76. The number of aromatic nitrogens is 3. The average Bonchev–Trinajstić information content (AvgIpc) is 3.08. The Morgan fingerprint density at radius 1 is 1.10 bits per heavy atom. The standard InChI is InChI=1S/C21H25N5O2S/c1-21(2,3)19-24-25-20(26(19)22)29-17(14-8-6-5-7-9-14)18(27)23-15-10-12-16(28-4)13-11-15/h5-13,17H,22H2,1-4H3,(H,23,27). The molecule has 7 nitrogen and oxygen atoms in total. The minimum atomic E-state index is -0.544. The summed E-state index contributed by atoms with van der Waals surface area (Å²) in [6, 6.07) is 16.7. The van der Waals surface area contributed by atoms with Crippen LogP contribution in [0.15, 0.2) is 59.8 Å². The van der Waals surface area contributed by atoms with Gasteiger partial charge in [0.05, 0.1) is 7.11 Å². The lowest BCUT2D eigenvalue weighted by atomic mass is 9.96. The van der Waals surface area contributed by atoms with E-state index >= 15 is 0 Å². The smallest absolute Gasteiger partial charge is 0.242 e. The molecule has 0 radical (unpaired) electrons. The zero-order chi connectivity index (χ0) is 21.0. The molecule has 1 amide bonds. The molecule has 3 N–H and O–H groups in total. The van der Waals surface area contributed by atoms with Crippen LogP contribution in [0.4, 0.5) is 5.69 Å². The number of ether oxygens (including phenoxy) is 1. The van der Waals surface area contributed by atoms with Crippen molar-refractivity contribution in [2.75, 3.05) is 18.3 Å². The largest absolute Gasteiger partial charge is 0.497 e. The van der Waals surface area contributed by atoms with Crippen LogP contribution in [-0.2, 0) is 10.2 Å². The second-order valence-electron chi connectivity index (χ2n) is 7.55. The minimum absolute atomic E-state index is 0.174. The van der Waals surface area contributed by atoms with E-state index in [1.807, 2.05) is 51.1 Å². The maximum atomic E-state index is 13.1. The summed E-state index contributed by atoms with van der Waals surface area (Å²) in [4.78, 5) is 13.1. The number of hydrogen-bond donors (Lipinski definition) is 2. The highest BCUT2D eigenvalue weighted by Crippen LogP contribution is 2.36. The van der Waals surface area contributed by atoms with Gasteiger partial charge in [-0.15, -0.1) is 10.2 Å². The zero-order valence-corrected chi connectivity index (χ0v) is 17.7. The van der Waals surface area contributed by atoms with Gasteiger partial charge in [-0.25, -0.2) is 4.68 Å². The number of methoxy groups -OCH3 is 1. The molecule has 1 aromatic heterocycles. The van der Waals surface area contributed by atoms with E-state index in [0.29, 0.717) is 16.7 Å². The summed E-state index contributed by atoms with van der Waals surface area (Å²) in [5.41, 5.74) is 1.28. The number of hydrogen-bond acceptors (Lipinski definition) is 6. The van der Waals surface area contributed by atoms with Gasteiger partial charge in [-0.05, 0) is 29.8 Å². The molecule has 0 bridgehead atoms. The molecule has 0 spiro atoms. The van der Waals surface area contributed by atoms with Gasteiger partial charge in [0.15, 0.2) is 5.82 Å². The quantitative estimate of drug-likeness (QED) is 0.474. The fraction of sp³-hybridized carbons (Fsp3) is 0.286. The zero-order valence-electron chi connectivity index (χ0n) is 16.9. The number of rotatable bonds is 6. The lowest BCUT2D eigenvalue weighted by Gasteiger charge is -2.18. The van der Waals surface area contributed by atoms with Gasteiger partial charge in [-0.2, -0.15) is 0 Å². The Bertz CT molecular complexity index is 965. The third-order valence-corrected chi connectivity index (χ3v) is 5.47. The first-order chi connectivity index (χ1) is 13.8. The molecule has 1 heterocycles. The van der Waals surface area contributed by atoms with E-state index in [-0.39, 0.29) is 11.3 Å². The molecule has 0 saturated heterocycles. The van der Waals surface area contributed by atoms with Crippen molar-refractivity contribution >= 4 is 23.4 Å². The van der Waals surface area contributed by atoms with Crippen molar-refractivity contribution in [2.24, 2.45) is 0 Å². The highest BCUT2D eigenvalue weighted by Gasteiger charge is 2.28. The minimum Gasteiger partial charge on any atom is -0.497 e. The molecular formula is C21H25N5O2S. The van der Waals surface area contributed by atoms with E-state index in [2.05, 4.69) is 15.5 Å². The van der Waals surface area contributed by atoms with Crippen LogP contribution in [0.1, 0.15) is 37.4 Å². The normalized spacial score (nSPS) is 12.4. The summed E-state index contributed by atoms with van der Waals surface area (Å²) in [7, 11) is 1.60. The molecule has 0 aliphatic carbocycles. The molecule has 0 saturated carbocycles. The molecule has 3 aromatic rings. The Hall–Kier alpha value is -3.00. The second kappa shape index (κ2) is 8.57. The van der Waals surface area contributed by atoms with Crippen molar-refractivity contribution in [3.63, 3.8) is 0 Å². The Labute approximate surface area is 174 Å². The molecule has 152 valence electrons. The van der Waals surface area contributed by atoms with Crippen LogP contribution in [0.3, 0.4) is 0 Å². The van der Waals surface area contributed by atoms with Crippen LogP contribution in [0.25, 0.3) is 0 Å². The molecule has 0 aliphatic heterocycles. The summed E-state index contributed by atoms with van der Waals surface area (Å²) in [5, 5.41) is 11.3.